The van der Waals surface area contributed by atoms with Gasteiger partial charge in [-0.25, -0.2) is 9.79 Å². The van der Waals surface area contributed by atoms with E-state index < -0.39 is 12.0 Å². The minimum atomic E-state index is -0.464. The van der Waals surface area contributed by atoms with Gasteiger partial charge in [-0.15, -0.1) is 0 Å². The van der Waals surface area contributed by atoms with Crippen molar-refractivity contribution in [3.05, 3.63) is 57.2 Å². The van der Waals surface area contributed by atoms with Crippen LogP contribution in [0.5, 0.6) is 0 Å². The summed E-state index contributed by atoms with van der Waals surface area (Å²) in [6.45, 7) is 10.1. The normalized spacial score (nSPS) is 20.5. The lowest BCUT2D eigenvalue weighted by molar-refractivity contribution is -0.143. The molecule has 4 rings (SSSR count). The van der Waals surface area contributed by atoms with Crippen molar-refractivity contribution in [1.82, 2.24) is 15.1 Å². The zero-order valence-electron chi connectivity index (χ0n) is 20.3. The molecule has 0 radical (unpaired) electrons. The Morgan fingerprint density at radius 2 is 1.97 bits per heavy atom. The maximum Gasteiger partial charge on any atom is 0.338 e. The van der Waals surface area contributed by atoms with Crippen molar-refractivity contribution in [2.75, 3.05) is 39.4 Å². The number of carbonyl (C=O) groups excluding carboxylic acids is 2. The Balaban J connectivity index is 1.52. The highest BCUT2D eigenvalue weighted by Gasteiger charge is 2.41. The van der Waals surface area contributed by atoms with Gasteiger partial charge in [-0.05, 0) is 43.9 Å². The van der Waals surface area contributed by atoms with E-state index >= 15 is 0 Å². The second kappa shape index (κ2) is 11.6. The molecular formula is C25H31ClN4O4S. The molecule has 10 heteroatoms. The molecule has 0 bridgehead atoms. The highest BCUT2D eigenvalue weighted by Crippen LogP contribution is 2.45. The van der Waals surface area contributed by atoms with Crippen LogP contribution in [0.3, 0.4) is 0 Å². The molecular weight excluding hydrogens is 488 g/mol. The number of ether oxygens (including phenoxy) is 2. The van der Waals surface area contributed by atoms with Crippen molar-refractivity contribution < 1.29 is 19.1 Å². The number of benzene rings is 1. The lowest BCUT2D eigenvalue weighted by atomic mass is 9.94. The molecule has 1 N–H and O–H groups in total. The number of thioether (sulfide) groups is 1. The van der Waals surface area contributed by atoms with Gasteiger partial charge in [-0.3, -0.25) is 9.69 Å². The van der Waals surface area contributed by atoms with Crippen LogP contribution < -0.4 is 5.32 Å². The Labute approximate surface area is 215 Å². The largest absolute Gasteiger partial charge is 0.459 e. The Morgan fingerprint density at radius 1 is 1.26 bits per heavy atom. The predicted octanol–water partition coefficient (Wildman–Crippen LogP) is 3.71. The summed E-state index contributed by atoms with van der Waals surface area (Å²) < 4.78 is 10.9. The van der Waals surface area contributed by atoms with E-state index in [0.29, 0.717) is 22.8 Å². The molecule has 35 heavy (non-hydrogen) atoms. The van der Waals surface area contributed by atoms with Crippen LogP contribution in [-0.4, -0.2) is 72.3 Å². The molecule has 3 aliphatic heterocycles. The summed E-state index contributed by atoms with van der Waals surface area (Å²) in [5, 5.41) is 6.31. The number of morpholine rings is 1. The van der Waals surface area contributed by atoms with E-state index in [-0.39, 0.29) is 18.4 Å². The van der Waals surface area contributed by atoms with E-state index in [9.17, 15) is 9.59 Å². The van der Waals surface area contributed by atoms with Gasteiger partial charge in [0.15, 0.2) is 5.17 Å². The zero-order valence-corrected chi connectivity index (χ0v) is 21.8. The maximum atomic E-state index is 13.2. The summed E-state index contributed by atoms with van der Waals surface area (Å²) in [7, 11) is 0. The van der Waals surface area contributed by atoms with E-state index in [0.717, 1.165) is 49.3 Å². The highest BCUT2D eigenvalue weighted by atomic mass is 35.5. The van der Waals surface area contributed by atoms with Crippen LogP contribution in [0.15, 0.2) is 51.6 Å². The molecule has 0 aliphatic carbocycles. The molecule has 0 aromatic heterocycles. The van der Waals surface area contributed by atoms with Crippen LogP contribution >= 0.6 is 23.4 Å². The van der Waals surface area contributed by atoms with Crippen molar-refractivity contribution in [3.8, 4) is 0 Å². The molecule has 1 unspecified atom stereocenters. The molecule has 1 aromatic carbocycles. The summed E-state index contributed by atoms with van der Waals surface area (Å²) in [6, 6.07) is 6.93. The first-order valence-electron chi connectivity index (χ1n) is 11.8. The van der Waals surface area contributed by atoms with Gasteiger partial charge >= 0.3 is 5.97 Å². The van der Waals surface area contributed by atoms with E-state index in [1.807, 2.05) is 43.2 Å². The highest BCUT2D eigenvalue weighted by molar-refractivity contribution is 8.16. The fourth-order valence-electron chi connectivity index (χ4n) is 4.27. The maximum absolute atomic E-state index is 13.2. The summed E-state index contributed by atoms with van der Waals surface area (Å²) >= 11 is 7.60. The number of amidine groups is 1. The molecule has 1 amide bonds. The van der Waals surface area contributed by atoms with Gasteiger partial charge < -0.3 is 19.7 Å². The molecule has 1 atom stereocenters. The van der Waals surface area contributed by atoms with Gasteiger partial charge in [0, 0.05) is 36.9 Å². The minimum Gasteiger partial charge on any atom is -0.459 e. The van der Waals surface area contributed by atoms with Crippen LogP contribution in [0, 0.1) is 0 Å². The Hall–Kier alpha value is -2.33. The zero-order chi connectivity index (χ0) is 24.9. The third-order valence-corrected chi connectivity index (χ3v) is 7.09. The number of hydrogen-bond acceptors (Lipinski definition) is 8. The van der Waals surface area contributed by atoms with Gasteiger partial charge in [-0.1, -0.05) is 35.5 Å². The number of amides is 1. The van der Waals surface area contributed by atoms with E-state index in [2.05, 4.69) is 15.2 Å². The van der Waals surface area contributed by atoms with Crippen LogP contribution in [0.4, 0.5) is 0 Å². The summed E-state index contributed by atoms with van der Waals surface area (Å²) in [4.78, 5) is 34.9. The van der Waals surface area contributed by atoms with E-state index in [1.54, 1.807) is 12.1 Å². The lowest BCUT2D eigenvalue weighted by Crippen LogP contribution is -2.42. The van der Waals surface area contributed by atoms with Crippen molar-refractivity contribution in [2.24, 2.45) is 4.99 Å². The number of nitrogens with one attached hydrogen (secondary N) is 1. The molecule has 188 valence electrons. The van der Waals surface area contributed by atoms with Crippen molar-refractivity contribution in [3.63, 3.8) is 0 Å². The quantitative estimate of drug-likeness (QED) is 0.525. The number of carbonyl (C=O) groups is 2. The first kappa shape index (κ1) is 25.8. The van der Waals surface area contributed by atoms with Gasteiger partial charge in [0.05, 0.1) is 43.1 Å². The SMILES string of the molecule is CC1=C(C(=O)OC(C)C)C(c2ccc(Cl)cc2)N2C(CC(=O)NCCN3CCOCC3)=CSC2=N1. The van der Waals surface area contributed by atoms with E-state index in [4.69, 9.17) is 21.1 Å². The van der Waals surface area contributed by atoms with Crippen LogP contribution in [0.1, 0.15) is 38.8 Å². The molecule has 1 fully saturated rings. The van der Waals surface area contributed by atoms with E-state index in [1.165, 1.54) is 11.8 Å². The van der Waals surface area contributed by atoms with Crippen molar-refractivity contribution >= 4 is 40.4 Å². The first-order chi connectivity index (χ1) is 16.8. The van der Waals surface area contributed by atoms with Crippen LogP contribution in [-0.2, 0) is 19.1 Å². The first-order valence-corrected chi connectivity index (χ1v) is 13.1. The Morgan fingerprint density at radius 3 is 2.66 bits per heavy atom. The number of rotatable bonds is 8. The molecule has 0 saturated carbocycles. The van der Waals surface area contributed by atoms with Gasteiger partial charge in [-0.2, -0.15) is 0 Å². The lowest BCUT2D eigenvalue weighted by Gasteiger charge is -2.36. The second-order valence-corrected chi connectivity index (χ2v) is 10.2. The smallest absolute Gasteiger partial charge is 0.338 e. The number of hydrogen-bond donors (Lipinski definition) is 1. The van der Waals surface area contributed by atoms with Crippen molar-refractivity contribution in [2.45, 2.75) is 39.3 Å². The van der Waals surface area contributed by atoms with Gasteiger partial charge in [0.1, 0.15) is 0 Å². The molecule has 0 spiro atoms. The number of allylic oxidation sites excluding steroid dienone is 1. The molecule has 1 saturated heterocycles. The molecule has 3 aliphatic rings. The number of fused-ring (bicyclic) bond motifs is 1. The molecule has 1 aromatic rings. The third kappa shape index (κ3) is 6.27. The second-order valence-electron chi connectivity index (χ2n) is 8.88. The van der Waals surface area contributed by atoms with Gasteiger partial charge in [0.25, 0.3) is 0 Å². The standard InChI is InChI=1S/C25H31ClN4O4S/c1-16(2)34-24(32)22-17(3)28-25-30(23(22)18-4-6-19(26)7-5-18)20(15-35-25)14-21(31)27-8-9-29-10-12-33-13-11-29/h4-7,15-16,23H,8-14H2,1-3H3,(H,27,31). The number of halogens is 1. The topological polar surface area (TPSA) is 83.5 Å². The van der Waals surface area contributed by atoms with Crippen LogP contribution in [0.2, 0.25) is 5.02 Å². The van der Waals surface area contributed by atoms with Gasteiger partial charge in [0.2, 0.25) is 5.91 Å². The molecule has 8 nitrogen and oxygen atoms in total. The minimum absolute atomic E-state index is 0.0706. The average molecular weight is 519 g/mol. The Bertz CT molecular complexity index is 1050. The Kier molecular flexibility index (Phi) is 8.54. The third-order valence-electron chi connectivity index (χ3n) is 5.94. The number of esters is 1. The monoisotopic (exact) mass is 518 g/mol. The summed E-state index contributed by atoms with van der Waals surface area (Å²) in [5.74, 6) is -0.481. The summed E-state index contributed by atoms with van der Waals surface area (Å²) in [6.07, 6.45) is -0.0793. The van der Waals surface area contributed by atoms with Crippen LogP contribution in [0.25, 0.3) is 0 Å². The number of aliphatic imine (C=N–C) groups is 1. The van der Waals surface area contributed by atoms with Crippen molar-refractivity contribution in [1.29, 1.82) is 0 Å². The average Bonchev–Trinajstić information content (AvgIpc) is 3.20. The predicted molar refractivity (Wildman–Crippen MR) is 138 cm³/mol. The summed E-state index contributed by atoms with van der Waals surface area (Å²) in [5.41, 5.74) is 2.74. The molecule has 3 heterocycles. The number of nitrogens with zero attached hydrogens (tertiary/aromatic N) is 3. The fraction of sp³-hybridized carbons (Fsp3) is 0.480. The fourth-order valence-corrected chi connectivity index (χ4v) is 5.36.